The first-order valence-electron chi connectivity index (χ1n) is 13.2. The van der Waals surface area contributed by atoms with Crippen molar-refractivity contribution in [1.82, 2.24) is 10.2 Å². The van der Waals surface area contributed by atoms with E-state index in [9.17, 15) is 4.79 Å². The number of likely N-dealkylation sites (tertiary alicyclic amines) is 1. The van der Waals surface area contributed by atoms with Crippen molar-refractivity contribution in [2.45, 2.75) is 51.2 Å². The first-order valence-corrected chi connectivity index (χ1v) is 13.5. The number of hydrogen-bond acceptors (Lipinski definition) is 4. The molecule has 0 bridgehead atoms. The summed E-state index contributed by atoms with van der Waals surface area (Å²) in [6.45, 7) is 4.46. The van der Waals surface area contributed by atoms with Crippen LogP contribution >= 0.6 is 11.6 Å². The van der Waals surface area contributed by atoms with E-state index in [1.807, 2.05) is 36.4 Å². The highest BCUT2D eigenvalue weighted by atomic mass is 35.5. The number of halogens is 1. The number of carbonyl (C=O) groups excluding carboxylic acids is 1. The summed E-state index contributed by atoms with van der Waals surface area (Å²) >= 11 is 6.13. The molecule has 0 amide bonds. The summed E-state index contributed by atoms with van der Waals surface area (Å²) in [4.78, 5) is 15.5. The van der Waals surface area contributed by atoms with E-state index in [-0.39, 0.29) is 11.8 Å². The Morgan fingerprint density at radius 1 is 0.972 bits per heavy atom. The van der Waals surface area contributed by atoms with Crippen molar-refractivity contribution in [3.05, 3.63) is 100 Å². The van der Waals surface area contributed by atoms with Gasteiger partial charge in [0.2, 0.25) is 0 Å². The summed E-state index contributed by atoms with van der Waals surface area (Å²) in [7, 11) is 0. The maximum atomic E-state index is 13.0. The normalized spacial score (nSPS) is 18.8. The first-order chi connectivity index (χ1) is 17.6. The molecule has 0 radical (unpaired) electrons. The van der Waals surface area contributed by atoms with Crippen molar-refractivity contribution in [3.63, 3.8) is 0 Å². The number of benzene rings is 3. The average molecular weight is 503 g/mol. The number of rotatable bonds is 8. The topological polar surface area (TPSA) is 41.6 Å². The Hall–Kier alpha value is -2.66. The predicted molar refractivity (Wildman–Crippen MR) is 146 cm³/mol. The lowest BCUT2D eigenvalue weighted by atomic mass is 9.90. The summed E-state index contributed by atoms with van der Waals surface area (Å²) < 4.78 is 6.10. The molecule has 0 aliphatic carbocycles. The molecule has 4 nitrogen and oxygen atoms in total. The van der Waals surface area contributed by atoms with Crippen molar-refractivity contribution >= 4 is 17.4 Å². The number of nitrogens with zero attached hydrogens (tertiary/aromatic N) is 1. The summed E-state index contributed by atoms with van der Waals surface area (Å²) in [5.41, 5.74) is 4.45. The van der Waals surface area contributed by atoms with Gasteiger partial charge < -0.3 is 10.1 Å². The molecular formula is C31H35ClN2O2. The zero-order valence-electron chi connectivity index (χ0n) is 20.8. The highest BCUT2D eigenvalue weighted by Crippen LogP contribution is 2.27. The van der Waals surface area contributed by atoms with E-state index in [1.54, 1.807) is 0 Å². The van der Waals surface area contributed by atoms with Crippen molar-refractivity contribution in [2.75, 3.05) is 19.7 Å². The van der Waals surface area contributed by atoms with Crippen LogP contribution in [-0.4, -0.2) is 36.4 Å². The molecule has 3 aromatic rings. The average Bonchev–Trinajstić information content (AvgIpc) is 3.10. The zero-order chi connectivity index (χ0) is 24.7. The minimum Gasteiger partial charge on any atom is -0.492 e. The molecule has 1 atom stereocenters. The van der Waals surface area contributed by atoms with Crippen LogP contribution in [0.3, 0.4) is 0 Å². The van der Waals surface area contributed by atoms with E-state index in [0.717, 1.165) is 73.8 Å². The lowest BCUT2D eigenvalue weighted by molar-refractivity contribution is 0.0961. The zero-order valence-corrected chi connectivity index (χ0v) is 21.6. The van der Waals surface area contributed by atoms with E-state index in [0.29, 0.717) is 18.9 Å². The summed E-state index contributed by atoms with van der Waals surface area (Å²) in [6.07, 6.45) is 4.81. The van der Waals surface area contributed by atoms with Gasteiger partial charge in [-0.2, -0.15) is 0 Å². The lowest BCUT2D eigenvalue weighted by Gasteiger charge is -2.32. The van der Waals surface area contributed by atoms with Crippen LogP contribution in [0, 0.1) is 5.92 Å². The highest BCUT2D eigenvalue weighted by Gasteiger charge is 2.22. The van der Waals surface area contributed by atoms with Crippen molar-refractivity contribution in [1.29, 1.82) is 0 Å². The van der Waals surface area contributed by atoms with Gasteiger partial charge in [-0.3, -0.25) is 9.69 Å². The molecule has 1 N–H and O–H groups in total. The van der Waals surface area contributed by atoms with Gasteiger partial charge in [0.05, 0.1) is 0 Å². The number of piperidine rings is 1. The van der Waals surface area contributed by atoms with Crippen molar-refractivity contribution in [2.24, 2.45) is 5.92 Å². The molecule has 0 spiro atoms. The van der Waals surface area contributed by atoms with E-state index in [1.165, 1.54) is 11.1 Å². The van der Waals surface area contributed by atoms with Gasteiger partial charge in [0, 0.05) is 41.7 Å². The fourth-order valence-corrected chi connectivity index (χ4v) is 5.58. The minimum absolute atomic E-state index is 0.240. The molecule has 2 aliphatic heterocycles. The molecule has 5 rings (SSSR count). The molecule has 0 saturated carbocycles. The van der Waals surface area contributed by atoms with Gasteiger partial charge in [0.25, 0.3) is 0 Å². The fourth-order valence-electron chi connectivity index (χ4n) is 5.37. The van der Waals surface area contributed by atoms with E-state index >= 15 is 0 Å². The second-order valence-electron chi connectivity index (χ2n) is 10.2. The van der Waals surface area contributed by atoms with Gasteiger partial charge in [0.15, 0.2) is 5.78 Å². The van der Waals surface area contributed by atoms with Crippen LogP contribution in [0.15, 0.2) is 72.8 Å². The Morgan fingerprint density at radius 2 is 1.78 bits per heavy atom. The fraction of sp³-hybridized carbons (Fsp3) is 0.387. The van der Waals surface area contributed by atoms with Crippen LogP contribution < -0.4 is 10.1 Å². The van der Waals surface area contributed by atoms with Crippen LogP contribution in [0.4, 0.5) is 0 Å². The Kier molecular flexibility index (Phi) is 8.37. The van der Waals surface area contributed by atoms with E-state index in [4.69, 9.17) is 16.3 Å². The number of fused-ring (bicyclic) bond motifs is 1. The third-order valence-electron chi connectivity index (χ3n) is 7.51. The molecule has 1 unspecified atom stereocenters. The standard InChI is InChI=1S/C31H35ClN2O2/c32-28-8-4-7-25(17-28)21-34-15-13-23(14-16-34)9-11-30(35)26-10-12-31-27(19-26)20-33-29(22-36-31)18-24-5-2-1-3-6-24/h1-8,10,12,17,19,23,29,33H,9,11,13-16,18,20-22H2. The predicted octanol–water partition coefficient (Wildman–Crippen LogP) is 6.31. The van der Waals surface area contributed by atoms with Crippen LogP contribution in [-0.2, 0) is 19.5 Å². The largest absolute Gasteiger partial charge is 0.492 e. The minimum atomic E-state index is 0.240. The summed E-state index contributed by atoms with van der Waals surface area (Å²) in [6, 6.07) is 24.8. The molecular weight excluding hydrogens is 468 g/mol. The quantitative estimate of drug-likeness (QED) is 0.366. The molecule has 0 aromatic heterocycles. The Bertz CT molecular complexity index is 1160. The highest BCUT2D eigenvalue weighted by molar-refractivity contribution is 6.30. The van der Waals surface area contributed by atoms with Crippen molar-refractivity contribution < 1.29 is 9.53 Å². The maximum absolute atomic E-state index is 13.0. The van der Waals surface area contributed by atoms with Gasteiger partial charge in [-0.05, 0) is 86.1 Å². The smallest absolute Gasteiger partial charge is 0.162 e. The van der Waals surface area contributed by atoms with Gasteiger partial charge in [-0.25, -0.2) is 0 Å². The van der Waals surface area contributed by atoms with Gasteiger partial charge in [-0.15, -0.1) is 0 Å². The first kappa shape index (κ1) is 25.0. The lowest BCUT2D eigenvalue weighted by Crippen LogP contribution is -2.34. The number of ether oxygens (including phenoxy) is 1. The van der Waals surface area contributed by atoms with Crippen LogP contribution in [0.1, 0.15) is 52.7 Å². The maximum Gasteiger partial charge on any atom is 0.162 e. The van der Waals surface area contributed by atoms with Gasteiger partial charge >= 0.3 is 0 Å². The molecule has 1 fully saturated rings. The van der Waals surface area contributed by atoms with Gasteiger partial charge in [-0.1, -0.05) is 54.1 Å². The van der Waals surface area contributed by atoms with Gasteiger partial charge in [0.1, 0.15) is 12.4 Å². The van der Waals surface area contributed by atoms with E-state index < -0.39 is 0 Å². The molecule has 2 aliphatic rings. The molecule has 36 heavy (non-hydrogen) atoms. The summed E-state index contributed by atoms with van der Waals surface area (Å²) in [5.74, 6) is 1.75. The van der Waals surface area contributed by atoms with Crippen molar-refractivity contribution in [3.8, 4) is 5.75 Å². The number of ketones is 1. The van der Waals surface area contributed by atoms with Crippen LogP contribution in [0.5, 0.6) is 5.75 Å². The number of Topliss-reactive ketones (excluding diaryl/α,β-unsaturated/α-hetero) is 1. The third kappa shape index (κ3) is 6.76. The SMILES string of the molecule is O=C(CCC1CCN(Cc2cccc(Cl)c2)CC1)c1ccc2c(c1)CNC(Cc1ccccc1)CO2. The Balaban J connectivity index is 1.08. The molecule has 1 saturated heterocycles. The molecule has 188 valence electrons. The van der Waals surface area contributed by atoms with E-state index in [2.05, 4.69) is 46.6 Å². The Morgan fingerprint density at radius 3 is 2.58 bits per heavy atom. The number of nitrogens with one attached hydrogen (secondary N) is 1. The van der Waals surface area contributed by atoms with Crippen LogP contribution in [0.2, 0.25) is 5.02 Å². The van der Waals surface area contributed by atoms with Crippen LogP contribution in [0.25, 0.3) is 0 Å². The second-order valence-corrected chi connectivity index (χ2v) is 10.6. The molecule has 5 heteroatoms. The Labute approximate surface area is 219 Å². The monoisotopic (exact) mass is 502 g/mol. The molecule has 3 aromatic carbocycles. The second kappa shape index (κ2) is 12.1. The molecule has 2 heterocycles. The summed E-state index contributed by atoms with van der Waals surface area (Å²) in [5, 5.41) is 4.41. The number of hydrogen-bond donors (Lipinski definition) is 1. The number of carbonyl (C=O) groups is 1. The third-order valence-corrected chi connectivity index (χ3v) is 7.75.